The number of esters is 2. The van der Waals surface area contributed by atoms with Crippen LogP contribution in [-0.4, -0.2) is 18.0 Å². The van der Waals surface area contributed by atoms with Crippen molar-refractivity contribution in [2.75, 3.05) is 0 Å². The first kappa shape index (κ1) is 12.5. The van der Waals surface area contributed by atoms with Crippen molar-refractivity contribution in [3.63, 3.8) is 0 Å². The first-order valence-electron chi connectivity index (χ1n) is 5.34. The summed E-state index contributed by atoms with van der Waals surface area (Å²) in [5, 5.41) is 0. The van der Waals surface area contributed by atoms with Crippen molar-refractivity contribution < 1.29 is 19.1 Å². The maximum absolute atomic E-state index is 11.3. The van der Waals surface area contributed by atoms with Gasteiger partial charge < -0.3 is 9.47 Å². The molecule has 88 valence electrons. The van der Waals surface area contributed by atoms with Gasteiger partial charge in [0.25, 0.3) is 0 Å². The smallest absolute Gasteiger partial charge is 0.336 e. The summed E-state index contributed by atoms with van der Waals surface area (Å²) in [5.74, 6) is -0.538. The molecule has 0 N–H and O–H groups in total. The minimum atomic E-state index is -0.544. The zero-order valence-corrected chi connectivity index (χ0v) is 9.78. The lowest BCUT2D eigenvalue weighted by atomic mass is 10.0. The Bertz CT molecular complexity index is 352. The van der Waals surface area contributed by atoms with E-state index in [1.807, 2.05) is 6.92 Å². The number of allylic oxidation sites excluding steroid dienone is 1. The molecule has 0 amide bonds. The van der Waals surface area contributed by atoms with Gasteiger partial charge in [0.05, 0.1) is 0 Å². The molecule has 1 unspecified atom stereocenters. The molecular formula is C12H16O4. The van der Waals surface area contributed by atoms with Gasteiger partial charge in [0.1, 0.15) is 11.9 Å². The Kier molecular flexibility index (Phi) is 4.28. The van der Waals surface area contributed by atoms with Gasteiger partial charge >= 0.3 is 11.9 Å². The summed E-state index contributed by atoms with van der Waals surface area (Å²) in [4.78, 5) is 22.5. The fourth-order valence-electron chi connectivity index (χ4n) is 1.61. The Balaban J connectivity index is 3.01. The standard InChI is InChI=1S/C12H16O4/c1-4-5-10-8(2)15-11(13)6-7-12(14)16-9(10)3/h6-8H,4-5H2,1-3H3/b7-6-,10-9-. The zero-order valence-electron chi connectivity index (χ0n) is 9.78. The largest absolute Gasteiger partial charge is 0.455 e. The van der Waals surface area contributed by atoms with Crippen molar-refractivity contribution in [3.05, 3.63) is 23.5 Å². The van der Waals surface area contributed by atoms with Crippen molar-refractivity contribution in [1.82, 2.24) is 0 Å². The topological polar surface area (TPSA) is 52.6 Å². The number of carbonyl (C=O) groups excluding carboxylic acids is 2. The number of hydrogen-bond donors (Lipinski definition) is 0. The third-order valence-corrected chi connectivity index (χ3v) is 2.36. The second-order valence-corrected chi connectivity index (χ2v) is 3.66. The lowest BCUT2D eigenvalue weighted by Crippen LogP contribution is -2.17. The highest BCUT2D eigenvalue weighted by Gasteiger charge is 2.19. The van der Waals surface area contributed by atoms with Gasteiger partial charge in [0.15, 0.2) is 0 Å². The summed E-state index contributed by atoms with van der Waals surface area (Å²) >= 11 is 0. The van der Waals surface area contributed by atoms with Crippen LogP contribution in [0.25, 0.3) is 0 Å². The molecule has 0 saturated carbocycles. The Hall–Kier alpha value is -1.58. The summed E-state index contributed by atoms with van der Waals surface area (Å²) in [6, 6.07) is 0. The molecule has 1 rings (SSSR count). The summed E-state index contributed by atoms with van der Waals surface area (Å²) in [5.41, 5.74) is 0.855. The second-order valence-electron chi connectivity index (χ2n) is 3.66. The van der Waals surface area contributed by atoms with E-state index in [9.17, 15) is 9.59 Å². The van der Waals surface area contributed by atoms with Gasteiger partial charge in [0.2, 0.25) is 0 Å². The van der Waals surface area contributed by atoms with Crippen molar-refractivity contribution in [2.45, 2.75) is 39.7 Å². The number of ether oxygens (including phenoxy) is 2. The zero-order chi connectivity index (χ0) is 12.1. The minimum absolute atomic E-state index is 0.358. The van der Waals surface area contributed by atoms with Crippen LogP contribution in [0.5, 0.6) is 0 Å². The van der Waals surface area contributed by atoms with E-state index in [4.69, 9.17) is 9.47 Å². The third-order valence-electron chi connectivity index (χ3n) is 2.36. The molecule has 16 heavy (non-hydrogen) atoms. The quantitative estimate of drug-likeness (QED) is 0.674. The molecule has 1 heterocycles. The van der Waals surface area contributed by atoms with Gasteiger partial charge in [-0.2, -0.15) is 0 Å². The SMILES string of the molecule is CCC/C1=C(\C)OC(=O)/C=C\C(=O)OC1C. The fraction of sp³-hybridized carbons (Fsp3) is 0.500. The first-order valence-corrected chi connectivity index (χ1v) is 5.34. The van der Waals surface area contributed by atoms with Gasteiger partial charge in [-0.05, 0) is 20.3 Å². The molecule has 0 fully saturated rings. The molecule has 0 aliphatic carbocycles. The maximum Gasteiger partial charge on any atom is 0.336 e. The van der Waals surface area contributed by atoms with E-state index in [1.165, 1.54) is 0 Å². The van der Waals surface area contributed by atoms with Crippen LogP contribution in [0.15, 0.2) is 23.5 Å². The average molecular weight is 224 g/mol. The molecule has 0 aromatic heterocycles. The summed E-state index contributed by atoms with van der Waals surface area (Å²) in [6.45, 7) is 5.51. The number of hydrogen-bond acceptors (Lipinski definition) is 4. The van der Waals surface area contributed by atoms with E-state index in [-0.39, 0.29) is 6.10 Å². The predicted molar refractivity (Wildman–Crippen MR) is 58.4 cm³/mol. The maximum atomic E-state index is 11.3. The van der Waals surface area contributed by atoms with Crippen LogP contribution in [0.4, 0.5) is 0 Å². The van der Waals surface area contributed by atoms with E-state index in [2.05, 4.69) is 0 Å². The molecule has 4 nitrogen and oxygen atoms in total. The van der Waals surface area contributed by atoms with Crippen molar-refractivity contribution in [3.8, 4) is 0 Å². The van der Waals surface area contributed by atoms with E-state index in [1.54, 1.807) is 13.8 Å². The Morgan fingerprint density at radius 3 is 2.50 bits per heavy atom. The molecule has 4 heteroatoms. The predicted octanol–water partition coefficient (Wildman–Crippen LogP) is 2.11. The van der Waals surface area contributed by atoms with Gasteiger partial charge in [-0.3, -0.25) is 0 Å². The molecule has 0 aromatic carbocycles. The second kappa shape index (κ2) is 5.49. The van der Waals surface area contributed by atoms with Gasteiger partial charge in [0, 0.05) is 17.7 Å². The highest BCUT2D eigenvalue weighted by atomic mass is 16.6. The molecule has 1 atom stereocenters. The highest BCUT2D eigenvalue weighted by molar-refractivity contribution is 5.92. The molecule has 0 spiro atoms. The Morgan fingerprint density at radius 1 is 1.25 bits per heavy atom. The van der Waals surface area contributed by atoms with Crippen molar-refractivity contribution in [1.29, 1.82) is 0 Å². The van der Waals surface area contributed by atoms with Crippen LogP contribution in [0.1, 0.15) is 33.6 Å². The monoisotopic (exact) mass is 224 g/mol. The normalized spacial score (nSPS) is 28.6. The lowest BCUT2D eigenvalue weighted by Gasteiger charge is -2.17. The van der Waals surface area contributed by atoms with E-state index in [0.29, 0.717) is 5.76 Å². The van der Waals surface area contributed by atoms with Crippen molar-refractivity contribution >= 4 is 11.9 Å². The first-order chi connectivity index (χ1) is 7.54. The molecular weight excluding hydrogens is 208 g/mol. The van der Waals surface area contributed by atoms with Gasteiger partial charge in [-0.1, -0.05) is 13.3 Å². The molecule has 1 aliphatic heterocycles. The van der Waals surface area contributed by atoms with E-state index in [0.717, 1.165) is 30.6 Å². The van der Waals surface area contributed by atoms with Crippen LogP contribution >= 0.6 is 0 Å². The van der Waals surface area contributed by atoms with Crippen molar-refractivity contribution in [2.24, 2.45) is 0 Å². The van der Waals surface area contributed by atoms with Gasteiger partial charge in [-0.25, -0.2) is 9.59 Å². The summed E-state index contributed by atoms with van der Waals surface area (Å²) in [6.07, 6.45) is 3.45. The fourth-order valence-corrected chi connectivity index (χ4v) is 1.61. The van der Waals surface area contributed by atoms with E-state index >= 15 is 0 Å². The van der Waals surface area contributed by atoms with Gasteiger partial charge in [-0.15, -0.1) is 0 Å². The Morgan fingerprint density at radius 2 is 1.88 bits per heavy atom. The van der Waals surface area contributed by atoms with Crippen LogP contribution in [0.3, 0.4) is 0 Å². The third kappa shape index (κ3) is 3.22. The Labute approximate surface area is 94.9 Å². The molecule has 0 aromatic rings. The molecule has 0 bridgehead atoms. The highest BCUT2D eigenvalue weighted by Crippen LogP contribution is 2.20. The number of rotatable bonds is 2. The van der Waals surface area contributed by atoms with Crippen LogP contribution < -0.4 is 0 Å². The van der Waals surface area contributed by atoms with Crippen LogP contribution in [-0.2, 0) is 19.1 Å². The number of cyclic esters (lactones) is 2. The average Bonchev–Trinajstić information content (AvgIpc) is 2.25. The molecule has 1 aliphatic rings. The summed E-state index contributed by atoms with van der Waals surface area (Å²) < 4.78 is 10.2. The van der Waals surface area contributed by atoms with Crippen LogP contribution in [0.2, 0.25) is 0 Å². The lowest BCUT2D eigenvalue weighted by molar-refractivity contribution is -0.140. The molecule has 0 radical (unpaired) electrons. The minimum Gasteiger partial charge on any atom is -0.455 e. The molecule has 0 saturated heterocycles. The van der Waals surface area contributed by atoms with Crippen LogP contribution in [0, 0.1) is 0 Å². The van der Waals surface area contributed by atoms with E-state index < -0.39 is 11.9 Å². The summed E-state index contributed by atoms with van der Waals surface area (Å²) in [7, 11) is 0. The number of carbonyl (C=O) groups is 2.